The molecule has 9 heteroatoms. The highest BCUT2D eigenvalue weighted by Crippen LogP contribution is 2.17. The molecule has 1 saturated heterocycles. The molecule has 1 heterocycles. The Morgan fingerprint density at radius 2 is 1.61 bits per heavy atom. The smallest absolute Gasteiger partial charge is 0.318 e. The lowest BCUT2D eigenvalue weighted by Gasteiger charge is -2.37. The Bertz CT molecular complexity index is 1040. The van der Waals surface area contributed by atoms with Crippen LogP contribution >= 0.6 is 0 Å². The van der Waals surface area contributed by atoms with Crippen molar-refractivity contribution in [1.29, 1.82) is 0 Å². The van der Waals surface area contributed by atoms with Gasteiger partial charge in [-0.1, -0.05) is 37.3 Å². The third kappa shape index (κ3) is 7.69. The number of rotatable bonds is 9. The van der Waals surface area contributed by atoms with Crippen molar-refractivity contribution in [2.24, 2.45) is 5.92 Å². The molecule has 0 aromatic heterocycles. The largest absolute Gasteiger partial charge is 0.481 e. The van der Waals surface area contributed by atoms with E-state index in [4.69, 9.17) is 0 Å². The second-order valence-electron chi connectivity index (χ2n) is 9.96. The molecule has 0 radical (unpaired) electrons. The number of anilines is 1. The molecule has 0 aliphatic carbocycles. The van der Waals surface area contributed by atoms with Crippen LogP contribution in [-0.4, -0.2) is 65.7 Å². The van der Waals surface area contributed by atoms with Crippen LogP contribution in [0.5, 0.6) is 0 Å². The maximum absolute atomic E-state index is 13.2. The number of carboxylic acid groups (broad SMARTS) is 1. The number of hydrogen-bond acceptors (Lipinski definition) is 4. The molecule has 194 valence electrons. The van der Waals surface area contributed by atoms with Crippen molar-refractivity contribution in [1.82, 2.24) is 15.5 Å². The van der Waals surface area contributed by atoms with Gasteiger partial charge < -0.3 is 25.5 Å². The Morgan fingerprint density at radius 1 is 1.00 bits per heavy atom. The summed E-state index contributed by atoms with van der Waals surface area (Å²) in [5, 5.41) is 15.1. The fraction of sp³-hybridized carbons (Fsp3) is 0.444. The van der Waals surface area contributed by atoms with Crippen molar-refractivity contribution in [2.75, 3.05) is 31.1 Å². The van der Waals surface area contributed by atoms with Gasteiger partial charge in [-0.2, -0.15) is 0 Å². The molecular formula is C27H35FN4O4. The van der Waals surface area contributed by atoms with Crippen LogP contribution in [0.1, 0.15) is 32.8 Å². The number of nitrogens with zero attached hydrogens (tertiary/aromatic N) is 2. The lowest BCUT2D eigenvalue weighted by atomic mass is 9.93. The fourth-order valence-electron chi connectivity index (χ4n) is 4.31. The molecule has 1 aliphatic heterocycles. The van der Waals surface area contributed by atoms with Gasteiger partial charge in [0.25, 0.3) is 0 Å². The number of aliphatic carboxylic acids is 1. The molecule has 0 spiro atoms. The van der Waals surface area contributed by atoms with E-state index in [0.717, 1.165) is 11.3 Å². The molecule has 2 atom stereocenters. The number of halogens is 1. The maximum Gasteiger partial charge on any atom is 0.318 e. The SMILES string of the molecule is CC(C[C@H](NC(=O)N1CCN(c2ccccc2)CC1)C(=O)NC(C)(C)Cc1ccc(F)cc1)C(=O)O. The monoisotopic (exact) mass is 498 g/mol. The molecular weight excluding hydrogens is 463 g/mol. The third-order valence-corrected chi connectivity index (χ3v) is 6.33. The number of hydrogen-bond donors (Lipinski definition) is 3. The number of benzene rings is 2. The zero-order chi connectivity index (χ0) is 26.3. The molecule has 3 rings (SSSR count). The minimum Gasteiger partial charge on any atom is -0.481 e. The van der Waals surface area contributed by atoms with Gasteiger partial charge in [0.15, 0.2) is 0 Å². The van der Waals surface area contributed by atoms with Gasteiger partial charge in [-0.3, -0.25) is 9.59 Å². The van der Waals surface area contributed by atoms with Crippen LogP contribution in [0.4, 0.5) is 14.9 Å². The maximum atomic E-state index is 13.2. The van der Waals surface area contributed by atoms with Gasteiger partial charge in [0.1, 0.15) is 11.9 Å². The Labute approximate surface area is 211 Å². The summed E-state index contributed by atoms with van der Waals surface area (Å²) in [5.41, 5.74) is 1.23. The van der Waals surface area contributed by atoms with E-state index in [2.05, 4.69) is 15.5 Å². The minimum absolute atomic E-state index is 0.0382. The molecule has 2 aromatic rings. The van der Waals surface area contributed by atoms with E-state index in [1.165, 1.54) is 19.1 Å². The average Bonchev–Trinajstić information content (AvgIpc) is 2.85. The molecule has 0 bridgehead atoms. The normalized spacial score (nSPS) is 15.7. The van der Waals surface area contributed by atoms with Crippen LogP contribution in [-0.2, 0) is 16.0 Å². The molecule has 2 aromatic carbocycles. The predicted octanol–water partition coefficient (Wildman–Crippen LogP) is 3.27. The molecule has 3 N–H and O–H groups in total. The number of carbonyl (C=O) groups is 3. The van der Waals surface area contributed by atoms with E-state index in [1.807, 2.05) is 44.2 Å². The Hall–Kier alpha value is -3.62. The lowest BCUT2D eigenvalue weighted by molar-refractivity contribution is -0.141. The minimum atomic E-state index is -1.04. The molecule has 1 aliphatic rings. The number of nitrogens with one attached hydrogen (secondary N) is 2. The summed E-state index contributed by atoms with van der Waals surface area (Å²) in [4.78, 5) is 41.6. The Balaban J connectivity index is 1.62. The van der Waals surface area contributed by atoms with Crippen LogP contribution in [0.3, 0.4) is 0 Å². The van der Waals surface area contributed by atoms with E-state index in [9.17, 15) is 23.9 Å². The first-order valence-corrected chi connectivity index (χ1v) is 12.2. The van der Waals surface area contributed by atoms with E-state index in [-0.39, 0.29) is 12.2 Å². The van der Waals surface area contributed by atoms with Gasteiger partial charge in [-0.15, -0.1) is 0 Å². The van der Waals surface area contributed by atoms with Gasteiger partial charge in [-0.05, 0) is 56.5 Å². The molecule has 0 saturated carbocycles. The van der Waals surface area contributed by atoms with Crippen LogP contribution in [0, 0.1) is 11.7 Å². The number of piperazine rings is 1. The van der Waals surface area contributed by atoms with E-state index < -0.39 is 35.4 Å². The molecule has 1 unspecified atom stereocenters. The predicted molar refractivity (Wildman–Crippen MR) is 136 cm³/mol. The summed E-state index contributed by atoms with van der Waals surface area (Å²) in [6.45, 7) is 7.46. The first-order chi connectivity index (χ1) is 17.0. The number of para-hydroxylation sites is 1. The second kappa shape index (κ2) is 11.9. The summed E-state index contributed by atoms with van der Waals surface area (Å²) < 4.78 is 13.2. The fourth-order valence-corrected chi connectivity index (χ4v) is 4.31. The zero-order valence-electron chi connectivity index (χ0n) is 21.0. The average molecular weight is 499 g/mol. The molecule has 3 amide bonds. The van der Waals surface area contributed by atoms with Gasteiger partial charge in [0, 0.05) is 37.4 Å². The standard InChI is InChI=1S/C27H35FN4O4/c1-19(25(34)35)17-23(24(33)30-27(2,3)18-20-9-11-21(28)12-10-20)29-26(36)32-15-13-31(14-16-32)22-7-5-4-6-8-22/h4-12,19,23H,13-18H2,1-3H3,(H,29,36)(H,30,33)(H,34,35)/t19?,23-/m0/s1. The molecule has 36 heavy (non-hydrogen) atoms. The van der Waals surface area contributed by atoms with Gasteiger partial charge in [0.05, 0.1) is 5.92 Å². The van der Waals surface area contributed by atoms with E-state index >= 15 is 0 Å². The number of carbonyl (C=O) groups excluding carboxylic acids is 2. The quantitative estimate of drug-likeness (QED) is 0.493. The summed E-state index contributed by atoms with van der Waals surface area (Å²) in [7, 11) is 0. The topological polar surface area (TPSA) is 102 Å². The van der Waals surface area contributed by atoms with Crippen molar-refractivity contribution in [2.45, 2.75) is 45.2 Å². The van der Waals surface area contributed by atoms with Crippen LogP contribution in [0.15, 0.2) is 54.6 Å². The van der Waals surface area contributed by atoms with Gasteiger partial charge in [-0.25, -0.2) is 9.18 Å². The molecule has 1 fully saturated rings. The van der Waals surface area contributed by atoms with Gasteiger partial charge >= 0.3 is 12.0 Å². The summed E-state index contributed by atoms with van der Waals surface area (Å²) in [6.07, 6.45) is 0.402. The molecule has 8 nitrogen and oxygen atoms in total. The second-order valence-corrected chi connectivity index (χ2v) is 9.96. The van der Waals surface area contributed by atoms with Crippen molar-refractivity contribution in [3.8, 4) is 0 Å². The highest BCUT2D eigenvalue weighted by Gasteiger charge is 2.32. The number of amides is 3. The first kappa shape index (κ1) is 27.0. The number of urea groups is 1. The third-order valence-electron chi connectivity index (χ3n) is 6.33. The zero-order valence-corrected chi connectivity index (χ0v) is 21.0. The van der Waals surface area contributed by atoms with Crippen molar-refractivity contribution >= 4 is 23.6 Å². The summed E-state index contributed by atoms with van der Waals surface area (Å²) in [6, 6.07) is 14.6. The van der Waals surface area contributed by atoms with E-state index in [1.54, 1.807) is 17.0 Å². The summed E-state index contributed by atoms with van der Waals surface area (Å²) >= 11 is 0. The van der Waals surface area contributed by atoms with Crippen molar-refractivity contribution in [3.05, 3.63) is 66.0 Å². The Kier molecular flexibility index (Phi) is 8.90. The highest BCUT2D eigenvalue weighted by atomic mass is 19.1. The van der Waals surface area contributed by atoms with E-state index in [0.29, 0.717) is 32.6 Å². The van der Waals surface area contributed by atoms with Crippen LogP contribution in [0.25, 0.3) is 0 Å². The highest BCUT2D eigenvalue weighted by molar-refractivity contribution is 5.88. The first-order valence-electron chi connectivity index (χ1n) is 12.2. The number of carboxylic acids is 1. The van der Waals surface area contributed by atoms with Crippen LogP contribution < -0.4 is 15.5 Å². The Morgan fingerprint density at radius 3 is 2.19 bits per heavy atom. The lowest BCUT2D eigenvalue weighted by Crippen LogP contribution is -2.58. The van der Waals surface area contributed by atoms with Crippen molar-refractivity contribution < 1.29 is 23.9 Å². The van der Waals surface area contributed by atoms with Crippen molar-refractivity contribution in [3.63, 3.8) is 0 Å². The summed E-state index contributed by atoms with van der Waals surface area (Å²) in [5.74, 6) is -2.65. The van der Waals surface area contributed by atoms with Crippen LogP contribution in [0.2, 0.25) is 0 Å². The van der Waals surface area contributed by atoms with Gasteiger partial charge in [0.2, 0.25) is 5.91 Å².